The minimum absolute atomic E-state index is 0.0289. The molecular weight excluding hydrogens is 437 g/mol. The summed E-state index contributed by atoms with van der Waals surface area (Å²) in [6.45, 7) is 3.88. The third-order valence-corrected chi connectivity index (χ3v) is 5.59. The third kappa shape index (κ3) is 19.7. The van der Waals surface area contributed by atoms with Gasteiger partial charge in [0.15, 0.2) is 6.10 Å². The van der Waals surface area contributed by atoms with Gasteiger partial charge in [-0.3, -0.25) is 14.2 Å². The van der Waals surface area contributed by atoms with Crippen molar-refractivity contribution >= 4 is 19.8 Å². The number of rotatable bonds is 20. The van der Waals surface area contributed by atoms with Crippen LogP contribution in [0.5, 0.6) is 0 Å². The van der Waals surface area contributed by atoms with Gasteiger partial charge in [0.2, 0.25) is 0 Å². The molecule has 0 heterocycles. The van der Waals surface area contributed by atoms with Crippen LogP contribution in [0.1, 0.15) is 78.1 Å². The molecule has 0 aliphatic carbocycles. The second-order valence-corrected chi connectivity index (χ2v) is 10.4. The quantitative estimate of drug-likeness (QED) is 0.112. The van der Waals surface area contributed by atoms with E-state index in [0.29, 0.717) is 17.4 Å². The zero-order valence-corrected chi connectivity index (χ0v) is 21.5. The first-order chi connectivity index (χ1) is 15.0. The van der Waals surface area contributed by atoms with Crippen LogP contribution < -0.4 is 4.89 Å². The molecule has 2 atom stereocenters. The van der Waals surface area contributed by atoms with Gasteiger partial charge in [-0.1, -0.05) is 52.4 Å². The molecule has 0 aliphatic heterocycles. The topological polar surface area (TPSA) is 111 Å². The molecule has 0 aliphatic rings. The zero-order chi connectivity index (χ0) is 24.5. The molecule has 32 heavy (non-hydrogen) atoms. The van der Waals surface area contributed by atoms with E-state index in [0.717, 1.165) is 44.9 Å². The Bertz CT molecular complexity index is 565. The Hall–Kier alpha value is -0.990. The van der Waals surface area contributed by atoms with Crippen molar-refractivity contribution in [2.75, 3.05) is 47.5 Å². The number of unbranched alkanes of at least 4 members (excludes halogenated alkanes) is 6. The lowest BCUT2D eigenvalue weighted by Crippen LogP contribution is -2.37. The highest BCUT2D eigenvalue weighted by molar-refractivity contribution is 7.45. The first kappa shape index (κ1) is 31.0. The summed E-state index contributed by atoms with van der Waals surface area (Å²) in [5.41, 5.74) is 0. The second kappa shape index (κ2) is 17.5. The number of ether oxygens (including phenoxy) is 2. The van der Waals surface area contributed by atoms with Crippen LogP contribution in [0.2, 0.25) is 0 Å². The van der Waals surface area contributed by atoms with Crippen molar-refractivity contribution in [3.63, 3.8) is 0 Å². The Morgan fingerprint density at radius 2 is 1.41 bits per heavy atom. The maximum Gasteiger partial charge on any atom is 0.306 e. The molecule has 2 unspecified atom stereocenters. The van der Waals surface area contributed by atoms with E-state index in [9.17, 15) is 19.0 Å². The van der Waals surface area contributed by atoms with Crippen LogP contribution in [0, 0.1) is 0 Å². The number of hydrogen-bond donors (Lipinski definition) is 0. The Balaban J connectivity index is 4.63. The number of likely N-dealkylation sites (N-methyl/N-ethyl adjacent to an activating group) is 1. The summed E-state index contributed by atoms with van der Waals surface area (Å²) in [6.07, 6.45) is 6.92. The van der Waals surface area contributed by atoms with Crippen molar-refractivity contribution in [3.8, 4) is 0 Å². The summed E-state index contributed by atoms with van der Waals surface area (Å²) in [4.78, 5) is 36.1. The normalized spacial score (nSPS) is 14.6. The number of nitrogens with zero attached hydrogens (tertiary/aromatic N) is 1. The van der Waals surface area contributed by atoms with Crippen LogP contribution in [0.3, 0.4) is 0 Å². The van der Waals surface area contributed by atoms with Crippen LogP contribution >= 0.6 is 7.82 Å². The maximum absolute atomic E-state index is 12.1. The van der Waals surface area contributed by atoms with Crippen LogP contribution in [0.15, 0.2) is 0 Å². The Kier molecular flexibility index (Phi) is 16.9. The molecule has 9 nitrogen and oxygen atoms in total. The molecule has 0 aromatic rings. The highest BCUT2D eigenvalue weighted by Crippen LogP contribution is 2.38. The molecule has 0 saturated heterocycles. The van der Waals surface area contributed by atoms with E-state index in [1.165, 1.54) is 0 Å². The summed E-state index contributed by atoms with van der Waals surface area (Å²) in [7, 11) is 1.16. The molecule has 190 valence electrons. The van der Waals surface area contributed by atoms with Gasteiger partial charge in [-0.05, 0) is 12.8 Å². The standard InChI is InChI=1S/C22H44NO8P/c1-6-8-10-12-14-21(24)28-18-20(31-22(25)15-13-11-9-7-2)19-30-32(26,27)29-17-16-23(3,4)5/h20H,6-19H2,1-5H3. The fourth-order valence-electron chi connectivity index (χ4n) is 2.65. The smallest absolute Gasteiger partial charge is 0.306 e. The van der Waals surface area contributed by atoms with E-state index < -0.39 is 32.5 Å². The van der Waals surface area contributed by atoms with Gasteiger partial charge >= 0.3 is 11.9 Å². The average molecular weight is 482 g/mol. The molecule has 0 amide bonds. The minimum Gasteiger partial charge on any atom is -0.756 e. The molecule has 0 radical (unpaired) electrons. The predicted octanol–water partition coefficient (Wildman–Crippen LogP) is 3.59. The van der Waals surface area contributed by atoms with Crippen LogP contribution in [0.4, 0.5) is 0 Å². The number of carbonyl (C=O) groups is 2. The monoisotopic (exact) mass is 481 g/mol. The number of carbonyl (C=O) groups excluding carboxylic acids is 2. The fourth-order valence-corrected chi connectivity index (χ4v) is 3.38. The molecule has 0 aromatic heterocycles. The van der Waals surface area contributed by atoms with Gasteiger partial charge in [-0.2, -0.15) is 0 Å². The molecule has 0 N–H and O–H groups in total. The van der Waals surface area contributed by atoms with Crippen molar-refractivity contribution in [1.29, 1.82) is 0 Å². The van der Waals surface area contributed by atoms with Crippen LogP contribution in [0.25, 0.3) is 0 Å². The van der Waals surface area contributed by atoms with Gasteiger partial charge in [-0.25, -0.2) is 0 Å². The third-order valence-electron chi connectivity index (χ3n) is 4.63. The van der Waals surface area contributed by atoms with Crippen molar-refractivity contribution in [3.05, 3.63) is 0 Å². The molecule has 10 heteroatoms. The highest BCUT2D eigenvalue weighted by Gasteiger charge is 2.21. The minimum atomic E-state index is -4.57. The number of hydrogen-bond acceptors (Lipinski definition) is 8. The van der Waals surface area contributed by atoms with Gasteiger partial charge in [0.05, 0.1) is 27.7 Å². The Labute approximate surface area is 193 Å². The van der Waals surface area contributed by atoms with Crippen LogP contribution in [-0.2, 0) is 32.7 Å². The molecular formula is C22H44NO8P. The molecule has 0 aromatic carbocycles. The fraction of sp³-hybridized carbons (Fsp3) is 0.909. The van der Waals surface area contributed by atoms with E-state index in [1.54, 1.807) is 0 Å². The maximum atomic E-state index is 12.1. The lowest BCUT2D eigenvalue weighted by Gasteiger charge is -2.28. The highest BCUT2D eigenvalue weighted by atomic mass is 31.2. The van der Waals surface area contributed by atoms with Crippen molar-refractivity contribution in [2.24, 2.45) is 0 Å². The summed E-state index contributed by atoms with van der Waals surface area (Å²) in [5.74, 6) is -0.880. The zero-order valence-electron chi connectivity index (χ0n) is 20.6. The lowest BCUT2D eigenvalue weighted by atomic mass is 10.1. The second-order valence-electron chi connectivity index (χ2n) is 9.01. The molecule has 0 spiro atoms. The lowest BCUT2D eigenvalue weighted by molar-refractivity contribution is -0.870. The number of phosphoric ester groups is 1. The molecule has 0 bridgehead atoms. The molecule has 0 rings (SSSR count). The number of esters is 2. The van der Waals surface area contributed by atoms with E-state index >= 15 is 0 Å². The first-order valence-electron chi connectivity index (χ1n) is 11.7. The van der Waals surface area contributed by atoms with E-state index in [2.05, 4.69) is 13.8 Å². The van der Waals surface area contributed by atoms with Crippen molar-refractivity contribution in [1.82, 2.24) is 0 Å². The van der Waals surface area contributed by atoms with Gasteiger partial charge in [-0.15, -0.1) is 0 Å². The van der Waals surface area contributed by atoms with Gasteiger partial charge < -0.3 is 27.9 Å². The van der Waals surface area contributed by atoms with Gasteiger partial charge in [0.25, 0.3) is 7.82 Å². The van der Waals surface area contributed by atoms with Crippen molar-refractivity contribution in [2.45, 2.75) is 84.2 Å². The predicted molar refractivity (Wildman–Crippen MR) is 121 cm³/mol. The average Bonchev–Trinajstić information content (AvgIpc) is 2.69. The van der Waals surface area contributed by atoms with E-state index in [-0.39, 0.29) is 26.1 Å². The largest absolute Gasteiger partial charge is 0.756 e. The molecule has 0 fully saturated rings. The number of phosphoric acid groups is 1. The van der Waals surface area contributed by atoms with Gasteiger partial charge in [0.1, 0.15) is 19.8 Å². The summed E-state index contributed by atoms with van der Waals surface area (Å²) in [6, 6.07) is 0. The summed E-state index contributed by atoms with van der Waals surface area (Å²) >= 11 is 0. The Morgan fingerprint density at radius 1 is 0.844 bits per heavy atom. The molecule has 0 saturated carbocycles. The van der Waals surface area contributed by atoms with Crippen molar-refractivity contribution < 1.29 is 42.1 Å². The van der Waals surface area contributed by atoms with Gasteiger partial charge in [0, 0.05) is 12.8 Å². The van der Waals surface area contributed by atoms with E-state index in [1.807, 2.05) is 21.1 Å². The SMILES string of the molecule is CCCCCCC(=O)OCC(COP(=O)([O-])OCC[N+](C)(C)C)OC(=O)CCCCCC. The van der Waals surface area contributed by atoms with E-state index in [4.69, 9.17) is 18.5 Å². The van der Waals surface area contributed by atoms with Crippen LogP contribution in [-0.4, -0.2) is 70.0 Å². The summed E-state index contributed by atoms with van der Waals surface area (Å²) < 4.78 is 32.8. The number of quaternary nitrogens is 1. The summed E-state index contributed by atoms with van der Waals surface area (Å²) in [5, 5.41) is 0. The Morgan fingerprint density at radius 3 is 1.94 bits per heavy atom. The first-order valence-corrected chi connectivity index (χ1v) is 13.2.